The van der Waals surface area contributed by atoms with Crippen LogP contribution in [0.4, 0.5) is 5.69 Å². The van der Waals surface area contributed by atoms with Crippen molar-refractivity contribution in [3.05, 3.63) is 45.9 Å². The van der Waals surface area contributed by atoms with Gasteiger partial charge in [0.25, 0.3) is 5.91 Å². The average molecular weight is 380 g/mol. The summed E-state index contributed by atoms with van der Waals surface area (Å²) in [7, 11) is 0. The highest BCUT2D eigenvalue weighted by Crippen LogP contribution is 2.45. The van der Waals surface area contributed by atoms with Crippen LogP contribution in [0.5, 0.6) is 5.75 Å². The predicted octanol–water partition coefficient (Wildman–Crippen LogP) is 4.94. The molecule has 2 aromatic rings. The van der Waals surface area contributed by atoms with Gasteiger partial charge in [0.1, 0.15) is 5.75 Å². The van der Waals surface area contributed by atoms with E-state index in [1.165, 1.54) is 6.07 Å². The van der Waals surface area contributed by atoms with Crippen molar-refractivity contribution in [2.24, 2.45) is 0 Å². The number of nitrogens with zero attached hydrogens (tertiary/aromatic N) is 1. The van der Waals surface area contributed by atoms with Crippen molar-refractivity contribution in [2.45, 2.75) is 32.3 Å². The monoisotopic (exact) mass is 379 g/mol. The second-order valence-corrected chi connectivity index (χ2v) is 6.94. The molecule has 0 bridgehead atoms. The molecule has 2 aromatic carbocycles. The highest BCUT2D eigenvalue weighted by atomic mass is 35.5. The molecule has 1 aliphatic heterocycles. The summed E-state index contributed by atoms with van der Waals surface area (Å²) in [5.41, 5.74) is 2.19. The molecule has 3 rings (SSSR count). The third kappa shape index (κ3) is 3.22. The molecular formula is C19H19Cl2NO3. The minimum Gasteiger partial charge on any atom is -0.507 e. The second-order valence-electron chi connectivity index (χ2n) is 6.12. The number of hydrogen-bond acceptors (Lipinski definition) is 3. The molecule has 0 spiro atoms. The molecule has 0 radical (unpaired) electrons. The van der Waals surface area contributed by atoms with Gasteiger partial charge in [-0.15, -0.1) is 0 Å². The number of fused-ring (bicyclic) bond motifs is 1. The Kier molecular flexibility index (Phi) is 5.23. The zero-order valence-electron chi connectivity index (χ0n) is 13.8. The highest BCUT2D eigenvalue weighted by molar-refractivity contribution is 6.42. The maximum Gasteiger partial charge on any atom is 0.260 e. The molecule has 2 N–H and O–H groups in total. The van der Waals surface area contributed by atoms with Gasteiger partial charge in [-0.3, -0.25) is 4.79 Å². The van der Waals surface area contributed by atoms with Gasteiger partial charge in [0.15, 0.2) is 6.10 Å². The Labute approximate surface area is 156 Å². The number of phenols is 1. The largest absolute Gasteiger partial charge is 0.507 e. The number of rotatable bonds is 5. The van der Waals surface area contributed by atoms with E-state index in [0.717, 1.165) is 19.3 Å². The summed E-state index contributed by atoms with van der Waals surface area (Å²) in [6, 6.07) is 8.28. The smallest absolute Gasteiger partial charge is 0.260 e. The van der Waals surface area contributed by atoms with Crippen LogP contribution in [0.2, 0.25) is 10.0 Å². The summed E-state index contributed by atoms with van der Waals surface area (Å²) in [6.07, 6.45) is 1.69. The van der Waals surface area contributed by atoms with E-state index < -0.39 is 6.10 Å². The van der Waals surface area contributed by atoms with Gasteiger partial charge in [0, 0.05) is 23.7 Å². The van der Waals surface area contributed by atoms with Crippen LogP contribution in [0.1, 0.15) is 37.9 Å². The van der Waals surface area contributed by atoms with E-state index in [0.29, 0.717) is 33.9 Å². The Morgan fingerprint density at radius 2 is 1.84 bits per heavy atom. The van der Waals surface area contributed by atoms with Crippen LogP contribution in [0, 0.1) is 0 Å². The number of unbranched alkanes of at least 4 members (excludes halogenated alkanes) is 2. The van der Waals surface area contributed by atoms with E-state index in [4.69, 9.17) is 23.2 Å². The second kappa shape index (κ2) is 7.24. The number of halogens is 2. The average Bonchev–Trinajstić information content (AvgIpc) is 2.83. The molecule has 6 heteroatoms. The van der Waals surface area contributed by atoms with Crippen LogP contribution in [0.25, 0.3) is 11.1 Å². The molecule has 0 fully saturated rings. The first-order valence-electron chi connectivity index (χ1n) is 8.26. The minimum absolute atomic E-state index is 0.0492. The Bertz CT molecular complexity index is 823. The van der Waals surface area contributed by atoms with Crippen LogP contribution in [0.3, 0.4) is 0 Å². The van der Waals surface area contributed by atoms with E-state index in [1.54, 1.807) is 23.1 Å². The number of amides is 1. The number of aliphatic hydroxyl groups is 1. The fourth-order valence-corrected chi connectivity index (χ4v) is 3.52. The lowest BCUT2D eigenvalue weighted by Gasteiger charge is -2.17. The Morgan fingerprint density at radius 1 is 1.12 bits per heavy atom. The number of hydrogen-bond donors (Lipinski definition) is 2. The molecule has 1 amide bonds. The summed E-state index contributed by atoms with van der Waals surface area (Å²) in [5.74, 6) is -0.384. The van der Waals surface area contributed by atoms with Crippen LogP contribution in [-0.4, -0.2) is 22.7 Å². The molecule has 132 valence electrons. The van der Waals surface area contributed by atoms with Crippen molar-refractivity contribution in [1.82, 2.24) is 0 Å². The van der Waals surface area contributed by atoms with Gasteiger partial charge in [-0.2, -0.15) is 0 Å². The van der Waals surface area contributed by atoms with Crippen molar-refractivity contribution in [3.8, 4) is 16.9 Å². The molecule has 1 atom stereocenters. The van der Waals surface area contributed by atoms with Crippen LogP contribution >= 0.6 is 23.2 Å². The Hall–Kier alpha value is -1.75. The van der Waals surface area contributed by atoms with Gasteiger partial charge in [-0.25, -0.2) is 0 Å². The molecule has 0 saturated heterocycles. The van der Waals surface area contributed by atoms with Gasteiger partial charge in [0.2, 0.25) is 0 Å². The highest BCUT2D eigenvalue weighted by Gasteiger charge is 2.37. The van der Waals surface area contributed by atoms with Gasteiger partial charge in [0.05, 0.1) is 15.7 Å². The van der Waals surface area contributed by atoms with Crippen LogP contribution < -0.4 is 4.90 Å². The molecule has 4 nitrogen and oxygen atoms in total. The van der Waals surface area contributed by atoms with E-state index in [2.05, 4.69) is 6.92 Å². The SMILES string of the molecule is CCCCCN1C(=O)C(O)c2c(-c3cc(Cl)c(Cl)cc3O)cccc21. The molecule has 1 unspecified atom stereocenters. The summed E-state index contributed by atoms with van der Waals surface area (Å²) < 4.78 is 0. The lowest BCUT2D eigenvalue weighted by Crippen LogP contribution is -2.29. The molecular weight excluding hydrogens is 361 g/mol. The Balaban J connectivity index is 2.08. The summed E-state index contributed by atoms with van der Waals surface area (Å²) in [5, 5.41) is 21.3. The maximum atomic E-state index is 12.5. The van der Waals surface area contributed by atoms with Gasteiger partial charge < -0.3 is 15.1 Å². The molecule has 1 aliphatic rings. The zero-order valence-corrected chi connectivity index (χ0v) is 15.3. The molecule has 1 heterocycles. The first-order valence-corrected chi connectivity index (χ1v) is 9.02. The van der Waals surface area contributed by atoms with E-state index in [1.807, 2.05) is 6.07 Å². The number of aliphatic hydroxyl groups excluding tert-OH is 1. The number of anilines is 1. The first kappa shape index (κ1) is 18.1. The van der Waals surface area contributed by atoms with Gasteiger partial charge in [-0.05, 0) is 24.1 Å². The van der Waals surface area contributed by atoms with E-state index in [-0.39, 0.29) is 16.7 Å². The normalized spacial score (nSPS) is 16.4. The van der Waals surface area contributed by atoms with Crippen molar-refractivity contribution in [1.29, 1.82) is 0 Å². The lowest BCUT2D eigenvalue weighted by atomic mass is 9.96. The van der Waals surface area contributed by atoms with Crippen LogP contribution in [-0.2, 0) is 4.79 Å². The Morgan fingerprint density at radius 3 is 2.56 bits per heavy atom. The first-order chi connectivity index (χ1) is 12.0. The van der Waals surface area contributed by atoms with Crippen molar-refractivity contribution in [3.63, 3.8) is 0 Å². The molecule has 0 aromatic heterocycles. The van der Waals surface area contributed by atoms with Crippen LogP contribution in [0.15, 0.2) is 30.3 Å². The van der Waals surface area contributed by atoms with Crippen molar-refractivity contribution < 1.29 is 15.0 Å². The molecule has 0 aliphatic carbocycles. The standard InChI is InChI=1S/C19H19Cl2NO3/c1-2-3-4-8-22-15-7-5-6-11(17(15)18(24)19(22)25)12-9-13(20)14(21)10-16(12)23/h5-7,9-10,18,23-24H,2-4,8H2,1H3. The number of benzene rings is 2. The summed E-state index contributed by atoms with van der Waals surface area (Å²) in [6.45, 7) is 2.66. The fraction of sp³-hybridized carbons (Fsp3) is 0.316. The zero-order chi connectivity index (χ0) is 18.1. The number of carbonyl (C=O) groups excluding carboxylic acids is 1. The number of carbonyl (C=O) groups is 1. The maximum absolute atomic E-state index is 12.5. The van der Waals surface area contributed by atoms with Gasteiger partial charge in [-0.1, -0.05) is 55.1 Å². The molecule has 25 heavy (non-hydrogen) atoms. The van der Waals surface area contributed by atoms with Crippen molar-refractivity contribution in [2.75, 3.05) is 11.4 Å². The summed E-state index contributed by atoms with van der Waals surface area (Å²) >= 11 is 12.0. The number of aromatic hydroxyl groups is 1. The predicted molar refractivity (Wildman–Crippen MR) is 100 cm³/mol. The molecule has 0 saturated carbocycles. The third-order valence-corrected chi connectivity index (χ3v) is 5.18. The minimum atomic E-state index is -1.25. The summed E-state index contributed by atoms with van der Waals surface area (Å²) in [4.78, 5) is 14.1. The van der Waals surface area contributed by atoms with Crippen molar-refractivity contribution >= 4 is 34.8 Å². The van der Waals surface area contributed by atoms with E-state index >= 15 is 0 Å². The lowest BCUT2D eigenvalue weighted by molar-refractivity contribution is -0.125. The number of phenolic OH excluding ortho intramolecular Hbond substituents is 1. The van der Waals surface area contributed by atoms with E-state index in [9.17, 15) is 15.0 Å². The quantitative estimate of drug-likeness (QED) is 0.723. The van der Waals surface area contributed by atoms with Gasteiger partial charge >= 0.3 is 0 Å². The third-order valence-electron chi connectivity index (χ3n) is 4.46. The topological polar surface area (TPSA) is 60.8 Å². The fourth-order valence-electron chi connectivity index (χ4n) is 3.20.